The summed E-state index contributed by atoms with van der Waals surface area (Å²) in [4.78, 5) is 4.32. The van der Waals surface area contributed by atoms with Gasteiger partial charge in [-0.15, -0.1) is 0 Å². The van der Waals surface area contributed by atoms with Crippen molar-refractivity contribution >= 4 is 42.6 Å². The van der Waals surface area contributed by atoms with Crippen LogP contribution in [0.4, 0.5) is 0 Å². The van der Waals surface area contributed by atoms with Gasteiger partial charge in [-0.3, -0.25) is 4.98 Å². The summed E-state index contributed by atoms with van der Waals surface area (Å²) in [6.45, 7) is 0. The van der Waals surface area contributed by atoms with Crippen LogP contribution in [0.1, 0.15) is 11.6 Å². The molecular formula is C12H8Br2N2. The van der Waals surface area contributed by atoms with Crippen LogP contribution < -0.4 is 0 Å². The number of nitrogens with zero attached hydrogens (tertiary/aromatic N) is 2. The first kappa shape index (κ1) is 11.6. The van der Waals surface area contributed by atoms with Gasteiger partial charge < -0.3 is 0 Å². The van der Waals surface area contributed by atoms with Crippen molar-refractivity contribution in [1.29, 1.82) is 5.26 Å². The van der Waals surface area contributed by atoms with Gasteiger partial charge in [0.05, 0.1) is 17.7 Å². The molecule has 0 saturated heterocycles. The van der Waals surface area contributed by atoms with Crippen molar-refractivity contribution in [2.24, 2.45) is 0 Å². The molecule has 1 unspecified atom stereocenters. The topological polar surface area (TPSA) is 36.7 Å². The van der Waals surface area contributed by atoms with Crippen LogP contribution >= 0.6 is 31.9 Å². The second-order valence-electron chi connectivity index (χ2n) is 3.37. The Morgan fingerprint density at radius 1 is 1.31 bits per heavy atom. The van der Waals surface area contributed by atoms with Crippen molar-refractivity contribution in [3.05, 3.63) is 40.6 Å². The summed E-state index contributed by atoms with van der Waals surface area (Å²) in [5.41, 5.74) is 0.832. The third-order valence-electron chi connectivity index (χ3n) is 2.42. The minimum absolute atomic E-state index is 0.210. The van der Waals surface area contributed by atoms with E-state index in [0.717, 1.165) is 20.9 Å². The fourth-order valence-electron chi connectivity index (χ4n) is 1.64. The number of benzene rings is 1. The molecule has 4 heteroatoms. The van der Waals surface area contributed by atoms with E-state index in [-0.39, 0.29) is 5.92 Å². The molecule has 0 bridgehead atoms. The highest BCUT2D eigenvalue weighted by molar-refractivity contribution is 9.10. The molecule has 2 aromatic rings. The normalized spacial score (nSPS) is 12.3. The zero-order valence-corrected chi connectivity index (χ0v) is 11.5. The predicted octanol–water partition coefficient (Wildman–Crippen LogP) is 4.00. The average molecular weight is 340 g/mol. The Hall–Kier alpha value is -0.920. The molecule has 1 atom stereocenters. The number of fused-ring (bicyclic) bond motifs is 1. The van der Waals surface area contributed by atoms with Gasteiger partial charge >= 0.3 is 0 Å². The first-order valence-corrected chi connectivity index (χ1v) is 6.68. The Kier molecular flexibility index (Phi) is 3.57. The highest BCUT2D eigenvalue weighted by Crippen LogP contribution is 2.29. The molecule has 0 aliphatic carbocycles. The van der Waals surface area contributed by atoms with E-state index in [1.165, 1.54) is 0 Å². The van der Waals surface area contributed by atoms with Crippen molar-refractivity contribution in [1.82, 2.24) is 4.98 Å². The van der Waals surface area contributed by atoms with Crippen LogP contribution in [-0.2, 0) is 0 Å². The van der Waals surface area contributed by atoms with E-state index in [1.807, 2.05) is 24.3 Å². The van der Waals surface area contributed by atoms with Crippen LogP contribution in [0.15, 0.2) is 34.9 Å². The molecule has 1 heterocycles. The van der Waals surface area contributed by atoms with Crippen LogP contribution in [-0.4, -0.2) is 10.3 Å². The zero-order valence-electron chi connectivity index (χ0n) is 8.32. The molecule has 1 aromatic carbocycles. The SMILES string of the molecule is N#CC(CBr)c1nccc2c(Br)cccc12. The second kappa shape index (κ2) is 4.94. The molecule has 2 nitrogen and oxygen atoms in total. The van der Waals surface area contributed by atoms with Gasteiger partial charge in [-0.05, 0) is 17.5 Å². The van der Waals surface area contributed by atoms with E-state index in [0.29, 0.717) is 5.33 Å². The predicted molar refractivity (Wildman–Crippen MR) is 71.6 cm³/mol. The number of hydrogen-bond acceptors (Lipinski definition) is 2. The van der Waals surface area contributed by atoms with Gasteiger partial charge in [-0.25, -0.2) is 0 Å². The van der Waals surface area contributed by atoms with Crippen molar-refractivity contribution in [2.45, 2.75) is 5.92 Å². The number of alkyl halides is 1. The molecule has 0 aliphatic heterocycles. The molecule has 0 radical (unpaired) electrons. The molecule has 0 aliphatic rings. The highest BCUT2D eigenvalue weighted by Gasteiger charge is 2.14. The van der Waals surface area contributed by atoms with Gasteiger partial charge in [0.2, 0.25) is 0 Å². The summed E-state index contributed by atoms with van der Waals surface area (Å²) < 4.78 is 1.03. The van der Waals surface area contributed by atoms with E-state index in [9.17, 15) is 0 Å². The maximum absolute atomic E-state index is 9.08. The van der Waals surface area contributed by atoms with Crippen LogP contribution in [0.25, 0.3) is 10.8 Å². The third-order valence-corrected chi connectivity index (χ3v) is 3.76. The fourth-order valence-corrected chi connectivity index (χ4v) is 2.59. The molecule has 0 saturated carbocycles. The molecular weight excluding hydrogens is 332 g/mol. The Labute approximate surface area is 111 Å². The summed E-state index contributed by atoms with van der Waals surface area (Å²) in [5, 5.41) is 11.8. The first-order valence-electron chi connectivity index (χ1n) is 4.76. The van der Waals surface area contributed by atoms with Crippen LogP contribution in [0.2, 0.25) is 0 Å². The van der Waals surface area contributed by atoms with Crippen molar-refractivity contribution in [3.63, 3.8) is 0 Å². The summed E-state index contributed by atoms with van der Waals surface area (Å²) in [7, 11) is 0. The van der Waals surface area contributed by atoms with E-state index in [1.54, 1.807) is 6.20 Å². The minimum Gasteiger partial charge on any atom is -0.259 e. The van der Waals surface area contributed by atoms with E-state index < -0.39 is 0 Å². The quantitative estimate of drug-likeness (QED) is 0.775. The van der Waals surface area contributed by atoms with Crippen molar-refractivity contribution in [2.75, 3.05) is 5.33 Å². The summed E-state index contributed by atoms with van der Waals surface area (Å²) in [6.07, 6.45) is 1.75. The highest BCUT2D eigenvalue weighted by atomic mass is 79.9. The van der Waals surface area contributed by atoms with Gasteiger partial charge in [-0.1, -0.05) is 44.0 Å². The molecule has 0 amide bonds. The van der Waals surface area contributed by atoms with Crippen molar-refractivity contribution < 1.29 is 0 Å². The zero-order chi connectivity index (χ0) is 11.5. The molecule has 16 heavy (non-hydrogen) atoms. The Morgan fingerprint density at radius 2 is 2.12 bits per heavy atom. The number of halogens is 2. The summed E-state index contributed by atoms with van der Waals surface area (Å²) >= 11 is 6.84. The molecule has 0 N–H and O–H groups in total. The number of pyridine rings is 1. The molecule has 80 valence electrons. The van der Waals surface area contributed by atoms with Crippen LogP contribution in [0, 0.1) is 11.3 Å². The van der Waals surface area contributed by atoms with E-state index in [4.69, 9.17) is 5.26 Å². The lowest BCUT2D eigenvalue weighted by Crippen LogP contribution is -2.01. The molecule has 0 spiro atoms. The third kappa shape index (κ3) is 1.98. The lowest BCUT2D eigenvalue weighted by atomic mass is 10.0. The fraction of sp³-hybridized carbons (Fsp3) is 0.167. The number of aromatic nitrogens is 1. The molecule has 1 aromatic heterocycles. The molecule has 0 fully saturated rings. The minimum atomic E-state index is -0.210. The van der Waals surface area contributed by atoms with Gasteiger partial charge in [0.15, 0.2) is 0 Å². The van der Waals surface area contributed by atoms with Gasteiger partial charge in [-0.2, -0.15) is 5.26 Å². The number of nitriles is 1. The van der Waals surface area contributed by atoms with Crippen molar-refractivity contribution in [3.8, 4) is 6.07 Å². The Morgan fingerprint density at radius 3 is 2.81 bits per heavy atom. The number of rotatable bonds is 2. The van der Waals surface area contributed by atoms with E-state index >= 15 is 0 Å². The second-order valence-corrected chi connectivity index (χ2v) is 4.87. The van der Waals surface area contributed by atoms with Crippen LogP contribution in [0.5, 0.6) is 0 Å². The Balaban J connectivity index is 2.72. The van der Waals surface area contributed by atoms with E-state index in [2.05, 4.69) is 42.9 Å². The Bertz CT molecular complexity index is 560. The summed E-state index contributed by atoms with van der Waals surface area (Å²) in [5.74, 6) is -0.210. The van der Waals surface area contributed by atoms with Gasteiger partial charge in [0.1, 0.15) is 0 Å². The maximum Gasteiger partial charge on any atom is 0.0987 e. The first-order chi connectivity index (χ1) is 7.77. The number of hydrogen-bond donors (Lipinski definition) is 0. The maximum atomic E-state index is 9.08. The summed E-state index contributed by atoms with van der Waals surface area (Å²) in [6, 6.07) is 10.1. The lowest BCUT2D eigenvalue weighted by molar-refractivity contribution is 0.955. The lowest BCUT2D eigenvalue weighted by Gasteiger charge is -2.09. The monoisotopic (exact) mass is 338 g/mol. The largest absolute Gasteiger partial charge is 0.259 e. The van der Waals surface area contributed by atoms with Crippen LogP contribution in [0.3, 0.4) is 0 Å². The molecule has 2 rings (SSSR count). The standard InChI is InChI=1S/C12H8Br2N2/c13-6-8(7-15)12-10-2-1-3-11(14)9(10)4-5-16-12/h1-5,8H,6H2. The van der Waals surface area contributed by atoms with Gasteiger partial charge in [0, 0.05) is 21.4 Å². The average Bonchev–Trinajstić information content (AvgIpc) is 2.32. The van der Waals surface area contributed by atoms with Gasteiger partial charge in [0.25, 0.3) is 0 Å². The smallest absolute Gasteiger partial charge is 0.0987 e.